The lowest BCUT2D eigenvalue weighted by Gasteiger charge is -2.29. The molecule has 0 bridgehead atoms. The number of ether oxygens (including phenoxy) is 1. The Morgan fingerprint density at radius 2 is 2.11 bits per heavy atom. The summed E-state index contributed by atoms with van der Waals surface area (Å²) in [5, 5.41) is 3.71. The van der Waals surface area contributed by atoms with Gasteiger partial charge in [-0.05, 0) is 43.7 Å². The predicted molar refractivity (Wildman–Crippen MR) is 84.1 cm³/mol. The zero-order valence-corrected chi connectivity index (χ0v) is 13.1. The topological polar surface area (TPSA) is 21.3 Å². The monoisotopic (exact) mass is 279 g/mol. The maximum absolute atomic E-state index is 5.29. The maximum atomic E-state index is 5.29. The van der Waals surface area contributed by atoms with E-state index < -0.39 is 0 Å². The second kappa shape index (κ2) is 6.67. The lowest BCUT2D eigenvalue weighted by molar-refractivity contribution is 0.412. The first-order chi connectivity index (χ1) is 9.19. The van der Waals surface area contributed by atoms with E-state index in [1.54, 1.807) is 7.11 Å². The Kier molecular flexibility index (Phi) is 5.17. The van der Waals surface area contributed by atoms with Crippen LogP contribution >= 0.6 is 11.8 Å². The summed E-state index contributed by atoms with van der Waals surface area (Å²) in [7, 11) is 1.72. The molecule has 1 aromatic rings. The van der Waals surface area contributed by atoms with Crippen molar-refractivity contribution in [1.82, 2.24) is 5.32 Å². The van der Waals surface area contributed by atoms with Crippen LogP contribution in [0.15, 0.2) is 24.3 Å². The van der Waals surface area contributed by atoms with Crippen LogP contribution in [0.1, 0.15) is 44.2 Å². The van der Waals surface area contributed by atoms with Crippen molar-refractivity contribution in [2.24, 2.45) is 0 Å². The van der Waals surface area contributed by atoms with Gasteiger partial charge in [0.2, 0.25) is 0 Å². The van der Waals surface area contributed by atoms with Gasteiger partial charge >= 0.3 is 0 Å². The standard InChI is InChI=1S/C16H25NOS/c1-13(14-7-6-8-15(11-14)18-2)17-12-16(19-3)9-4-5-10-16/h6-8,11,13,17H,4-5,9-10,12H2,1-3H3. The van der Waals surface area contributed by atoms with Gasteiger partial charge in [-0.2, -0.15) is 11.8 Å². The van der Waals surface area contributed by atoms with E-state index in [-0.39, 0.29) is 0 Å². The van der Waals surface area contributed by atoms with Crippen molar-refractivity contribution in [3.8, 4) is 5.75 Å². The molecule has 0 radical (unpaired) electrons. The average molecular weight is 279 g/mol. The number of thioether (sulfide) groups is 1. The first-order valence-corrected chi connectivity index (χ1v) is 8.34. The molecule has 1 fully saturated rings. The Morgan fingerprint density at radius 3 is 2.74 bits per heavy atom. The van der Waals surface area contributed by atoms with E-state index in [4.69, 9.17) is 4.74 Å². The van der Waals surface area contributed by atoms with E-state index in [2.05, 4.69) is 36.7 Å². The number of nitrogens with one attached hydrogen (secondary N) is 1. The number of hydrogen-bond acceptors (Lipinski definition) is 3. The van der Waals surface area contributed by atoms with Crippen LogP contribution in [0.4, 0.5) is 0 Å². The first-order valence-electron chi connectivity index (χ1n) is 7.12. The highest BCUT2D eigenvalue weighted by Gasteiger charge is 2.32. The first kappa shape index (κ1) is 14.7. The third-order valence-corrected chi connectivity index (χ3v) is 5.69. The molecule has 1 aliphatic rings. The fourth-order valence-corrected chi connectivity index (χ4v) is 3.76. The highest BCUT2D eigenvalue weighted by molar-refractivity contribution is 8.00. The molecule has 1 N–H and O–H groups in total. The SMILES string of the molecule is COc1cccc(C(C)NCC2(SC)CCCC2)c1. The van der Waals surface area contributed by atoms with Crippen molar-refractivity contribution in [1.29, 1.82) is 0 Å². The molecule has 3 heteroatoms. The highest BCUT2D eigenvalue weighted by Crippen LogP contribution is 2.40. The van der Waals surface area contributed by atoms with Gasteiger partial charge < -0.3 is 10.1 Å². The molecule has 1 saturated carbocycles. The molecule has 106 valence electrons. The smallest absolute Gasteiger partial charge is 0.119 e. The minimum absolute atomic E-state index is 0.375. The Morgan fingerprint density at radius 1 is 1.37 bits per heavy atom. The molecule has 0 aromatic heterocycles. The van der Waals surface area contributed by atoms with Gasteiger partial charge in [-0.1, -0.05) is 25.0 Å². The highest BCUT2D eigenvalue weighted by atomic mass is 32.2. The number of methoxy groups -OCH3 is 1. The van der Waals surface area contributed by atoms with E-state index in [1.807, 2.05) is 17.8 Å². The number of hydrogen-bond donors (Lipinski definition) is 1. The molecule has 2 rings (SSSR count). The van der Waals surface area contributed by atoms with Crippen LogP contribution in [0.5, 0.6) is 5.75 Å². The summed E-state index contributed by atoms with van der Waals surface area (Å²) in [6, 6.07) is 8.72. The van der Waals surface area contributed by atoms with Gasteiger partial charge in [0.15, 0.2) is 0 Å². The second-order valence-electron chi connectivity index (χ2n) is 5.47. The van der Waals surface area contributed by atoms with Crippen LogP contribution in [0.3, 0.4) is 0 Å². The summed E-state index contributed by atoms with van der Waals surface area (Å²) in [6.07, 6.45) is 7.73. The van der Waals surface area contributed by atoms with Crippen molar-refractivity contribution in [3.05, 3.63) is 29.8 Å². The van der Waals surface area contributed by atoms with E-state index in [0.717, 1.165) is 12.3 Å². The van der Waals surface area contributed by atoms with Gasteiger partial charge in [0.25, 0.3) is 0 Å². The molecule has 2 nitrogen and oxygen atoms in total. The molecule has 0 saturated heterocycles. The maximum Gasteiger partial charge on any atom is 0.119 e. The van der Waals surface area contributed by atoms with Crippen LogP contribution in [0.2, 0.25) is 0 Å². The van der Waals surface area contributed by atoms with Crippen LogP contribution in [-0.2, 0) is 0 Å². The van der Waals surface area contributed by atoms with Gasteiger partial charge in [0.1, 0.15) is 5.75 Å². The van der Waals surface area contributed by atoms with Crippen molar-refractivity contribution in [2.45, 2.75) is 43.4 Å². The number of benzene rings is 1. The van der Waals surface area contributed by atoms with E-state index in [9.17, 15) is 0 Å². The average Bonchev–Trinajstić information content (AvgIpc) is 2.94. The largest absolute Gasteiger partial charge is 0.497 e. The second-order valence-corrected chi connectivity index (χ2v) is 6.75. The zero-order chi connectivity index (χ0) is 13.7. The predicted octanol–water partition coefficient (Wildman–Crippen LogP) is 4.02. The van der Waals surface area contributed by atoms with Crippen LogP contribution < -0.4 is 10.1 Å². The summed E-state index contributed by atoms with van der Waals surface area (Å²) in [5.41, 5.74) is 1.30. The molecular formula is C16H25NOS. The molecule has 1 atom stereocenters. The molecule has 19 heavy (non-hydrogen) atoms. The van der Waals surface area contributed by atoms with Crippen LogP contribution in [0, 0.1) is 0 Å². The molecule has 1 unspecified atom stereocenters. The van der Waals surface area contributed by atoms with Gasteiger partial charge in [-0.25, -0.2) is 0 Å². The van der Waals surface area contributed by atoms with Gasteiger partial charge in [0, 0.05) is 17.3 Å². The van der Waals surface area contributed by atoms with Gasteiger partial charge in [-0.15, -0.1) is 0 Å². The minimum Gasteiger partial charge on any atom is -0.497 e. The van der Waals surface area contributed by atoms with E-state index >= 15 is 0 Å². The Bertz CT molecular complexity index is 401. The van der Waals surface area contributed by atoms with Crippen molar-refractivity contribution in [2.75, 3.05) is 19.9 Å². The summed E-state index contributed by atoms with van der Waals surface area (Å²) < 4.78 is 5.76. The summed E-state index contributed by atoms with van der Waals surface area (Å²) in [5.74, 6) is 0.937. The molecule has 0 amide bonds. The Balaban J connectivity index is 1.94. The van der Waals surface area contributed by atoms with E-state index in [1.165, 1.54) is 31.2 Å². The summed E-state index contributed by atoms with van der Waals surface area (Å²) in [4.78, 5) is 0. The van der Waals surface area contributed by atoms with Crippen molar-refractivity contribution >= 4 is 11.8 Å². The van der Waals surface area contributed by atoms with Gasteiger partial charge in [-0.3, -0.25) is 0 Å². The van der Waals surface area contributed by atoms with Crippen molar-refractivity contribution < 1.29 is 4.74 Å². The van der Waals surface area contributed by atoms with Crippen LogP contribution in [-0.4, -0.2) is 24.7 Å². The fourth-order valence-electron chi connectivity index (χ4n) is 2.84. The van der Waals surface area contributed by atoms with E-state index in [0.29, 0.717) is 10.8 Å². The lowest BCUT2D eigenvalue weighted by Crippen LogP contribution is -2.36. The molecule has 0 aliphatic heterocycles. The molecule has 1 aromatic carbocycles. The molecular weight excluding hydrogens is 254 g/mol. The summed E-state index contributed by atoms with van der Waals surface area (Å²) in [6.45, 7) is 3.34. The van der Waals surface area contributed by atoms with Crippen LogP contribution in [0.25, 0.3) is 0 Å². The minimum atomic E-state index is 0.375. The van der Waals surface area contributed by atoms with Crippen molar-refractivity contribution in [3.63, 3.8) is 0 Å². The van der Waals surface area contributed by atoms with Gasteiger partial charge in [0.05, 0.1) is 7.11 Å². The lowest BCUT2D eigenvalue weighted by atomic mass is 10.0. The third kappa shape index (κ3) is 3.67. The third-order valence-electron chi connectivity index (χ3n) is 4.27. The molecule has 0 heterocycles. The molecule has 0 spiro atoms. The zero-order valence-electron chi connectivity index (χ0n) is 12.2. The Hall–Kier alpha value is -0.670. The summed E-state index contributed by atoms with van der Waals surface area (Å²) >= 11 is 2.04. The Labute approximate surface area is 121 Å². The fraction of sp³-hybridized carbons (Fsp3) is 0.625. The normalized spacial score (nSPS) is 19.3. The quantitative estimate of drug-likeness (QED) is 0.849. The molecule has 1 aliphatic carbocycles. The number of rotatable bonds is 6.